The van der Waals surface area contributed by atoms with Gasteiger partial charge in [-0.25, -0.2) is 0 Å². The molecule has 0 unspecified atom stereocenters. The molecule has 1 aromatic rings. The summed E-state index contributed by atoms with van der Waals surface area (Å²) in [5.74, 6) is 1.50. The first kappa shape index (κ1) is 14.7. The summed E-state index contributed by atoms with van der Waals surface area (Å²) < 4.78 is 10.7. The summed E-state index contributed by atoms with van der Waals surface area (Å²) in [5.41, 5.74) is 0.975. The Morgan fingerprint density at radius 3 is 2.85 bits per heavy atom. The first-order valence-electron chi connectivity index (χ1n) is 6.85. The summed E-state index contributed by atoms with van der Waals surface area (Å²) in [6, 6.07) is 5.69. The SMILES string of the molecule is CC(C)(C)NCCC(=O)NCc1cccc2c1OCO2. The minimum absolute atomic E-state index is 0.0262. The highest BCUT2D eigenvalue weighted by atomic mass is 16.7. The number of rotatable bonds is 5. The van der Waals surface area contributed by atoms with Crippen LogP contribution in [0.1, 0.15) is 32.8 Å². The fraction of sp³-hybridized carbons (Fsp3) is 0.533. The zero-order chi connectivity index (χ0) is 14.6. The second-order valence-electron chi connectivity index (χ2n) is 5.85. The Morgan fingerprint density at radius 2 is 2.10 bits per heavy atom. The average Bonchev–Trinajstić information content (AvgIpc) is 2.83. The van der Waals surface area contributed by atoms with Crippen molar-refractivity contribution in [2.24, 2.45) is 0 Å². The summed E-state index contributed by atoms with van der Waals surface area (Å²) in [6.45, 7) is 7.61. The largest absolute Gasteiger partial charge is 0.454 e. The van der Waals surface area contributed by atoms with Crippen molar-refractivity contribution in [2.45, 2.75) is 39.3 Å². The van der Waals surface area contributed by atoms with Crippen molar-refractivity contribution >= 4 is 5.91 Å². The van der Waals surface area contributed by atoms with Gasteiger partial charge in [0.05, 0.1) is 0 Å². The lowest BCUT2D eigenvalue weighted by Crippen LogP contribution is -2.38. The summed E-state index contributed by atoms with van der Waals surface area (Å²) in [6.07, 6.45) is 0.462. The normalized spacial score (nSPS) is 13.3. The Morgan fingerprint density at radius 1 is 1.30 bits per heavy atom. The molecule has 0 saturated carbocycles. The lowest BCUT2D eigenvalue weighted by Gasteiger charge is -2.20. The van der Waals surface area contributed by atoms with Crippen molar-refractivity contribution in [3.8, 4) is 11.5 Å². The summed E-state index contributed by atoms with van der Waals surface area (Å²) in [5, 5.41) is 6.19. The lowest BCUT2D eigenvalue weighted by molar-refractivity contribution is -0.121. The number of carbonyl (C=O) groups excluding carboxylic acids is 1. The van der Waals surface area contributed by atoms with E-state index in [1.54, 1.807) is 0 Å². The fourth-order valence-electron chi connectivity index (χ4n) is 1.96. The monoisotopic (exact) mass is 278 g/mol. The summed E-state index contributed by atoms with van der Waals surface area (Å²) in [7, 11) is 0. The van der Waals surface area contributed by atoms with E-state index in [1.807, 2.05) is 18.2 Å². The lowest BCUT2D eigenvalue weighted by atomic mass is 10.1. The molecule has 0 bridgehead atoms. The third kappa shape index (κ3) is 4.13. The molecule has 0 atom stereocenters. The van der Waals surface area contributed by atoms with Crippen LogP contribution in [0, 0.1) is 0 Å². The molecule has 5 nitrogen and oxygen atoms in total. The number of nitrogens with one attached hydrogen (secondary N) is 2. The smallest absolute Gasteiger partial charge is 0.231 e. The van der Waals surface area contributed by atoms with Crippen LogP contribution in [0.15, 0.2) is 18.2 Å². The molecule has 5 heteroatoms. The number of hydrogen-bond acceptors (Lipinski definition) is 4. The van der Waals surface area contributed by atoms with Crippen molar-refractivity contribution in [3.05, 3.63) is 23.8 Å². The van der Waals surface area contributed by atoms with Crippen LogP contribution >= 0.6 is 0 Å². The highest BCUT2D eigenvalue weighted by Crippen LogP contribution is 2.35. The highest BCUT2D eigenvalue weighted by molar-refractivity contribution is 5.76. The summed E-state index contributed by atoms with van der Waals surface area (Å²) in [4.78, 5) is 11.8. The maximum atomic E-state index is 11.8. The van der Waals surface area contributed by atoms with Gasteiger partial charge in [-0.05, 0) is 26.8 Å². The van der Waals surface area contributed by atoms with Crippen LogP contribution in [-0.4, -0.2) is 24.8 Å². The molecule has 1 aliphatic rings. The first-order chi connectivity index (χ1) is 9.46. The number of carbonyl (C=O) groups is 1. The van der Waals surface area contributed by atoms with Gasteiger partial charge in [0.15, 0.2) is 11.5 Å². The van der Waals surface area contributed by atoms with E-state index in [0.29, 0.717) is 19.5 Å². The molecule has 0 radical (unpaired) electrons. The van der Waals surface area contributed by atoms with E-state index in [1.165, 1.54) is 0 Å². The molecule has 110 valence electrons. The zero-order valence-electron chi connectivity index (χ0n) is 12.3. The van der Waals surface area contributed by atoms with Crippen LogP contribution in [0.25, 0.3) is 0 Å². The van der Waals surface area contributed by atoms with Gasteiger partial charge in [0.1, 0.15) is 0 Å². The zero-order valence-corrected chi connectivity index (χ0v) is 12.3. The van der Waals surface area contributed by atoms with E-state index >= 15 is 0 Å². The van der Waals surface area contributed by atoms with Gasteiger partial charge in [-0.2, -0.15) is 0 Å². The van der Waals surface area contributed by atoms with Crippen LogP contribution in [0.4, 0.5) is 0 Å². The molecular weight excluding hydrogens is 256 g/mol. The average molecular weight is 278 g/mol. The number of hydrogen-bond donors (Lipinski definition) is 2. The van der Waals surface area contributed by atoms with Crippen LogP contribution in [0.3, 0.4) is 0 Å². The first-order valence-corrected chi connectivity index (χ1v) is 6.85. The molecule has 2 N–H and O–H groups in total. The minimum atomic E-state index is 0.0262. The molecule has 1 aliphatic heterocycles. The topological polar surface area (TPSA) is 59.6 Å². The molecule has 0 aliphatic carbocycles. The van der Waals surface area contributed by atoms with Gasteiger partial charge in [-0.15, -0.1) is 0 Å². The minimum Gasteiger partial charge on any atom is -0.454 e. The van der Waals surface area contributed by atoms with Crippen molar-refractivity contribution in [3.63, 3.8) is 0 Å². The number of ether oxygens (including phenoxy) is 2. The standard InChI is InChI=1S/C15H22N2O3/c1-15(2,3)17-8-7-13(18)16-9-11-5-4-6-12-14(11)20-10-19-12/h4-6,17H,7-10H2,1-3H3,(H,16,18). The van der Waals surface area contributed by atoms with Crippen LogP contribution in [0.5, 0.6) is 11.5 Å². The van der Waals surface area contributed by atoms with Crippen molar-refractivity contribution in [2.75, 3.05) is 13.3 Å². The molecule has 1 aromatic carbocycles. The fourth-order valence-corrected chi connectivity index (χ4v) is 1.96. The van der Waals surface area contributed by atoms with E-state index in [9.17, 15) is 4.79 Å². The van der Waals surface area contributed by atoms with E-state index in [0.717, 1.165) is 17.1 Å². The van der Waals surface area contributed by atoms with Gasteiger partial charge in [0.25, 0.3) is 0 Å². The third-order valence-electron chi connectivity index (χ3n) is 2.96. The molecule has 0 spiro atoms. The van der Waals surface area contributed by atoms with Crippen LogP contribution in [-0.2, 0) is 11.3 Å². The quantitative estimate of drug-likeness (QED) is 0.862. The van der Waals surface area contributed by atoms with E-state index in [2.05, 4.69) is 31.4 Å². The van der Waals surface area contributed by atoms with E-state index in [-0.39, 0.29) is 18.2 Å². The molecule has 1 heterocycles. The maximum Gasteiger partial charge on any atom is 0.231 e. The number of benzene rings is 1. The van der Waals surface area contributed by atoms with Crippen molar-refractivity contribution < 1.29 is 14.3 Å². The number of fused-ring (bicyclic) bond motifs is 1. The van der Waals surface area contributed by atoms with Gasteiger partial charge < -0.3 is 20.1 Å². The Balaban J connectivity index is 1.78. The Bertz CT molecular complexity index is 480. The molecular formula is C15H22N2O3. The Hall–Kier alpha value is -1.75. The van der Waals surface area contributed by atoms with E-state index in [4.69, 9.17) is 9.47 Å². The molecule has 0 saturated heterocycles. The second-order valence-corrected chi connectivity index (χ2v) is 5.85. The molecule has 20 heavy (non-hydrogen) atoms. The van der Waals surface area contributed by atoms with Crippen molar-refractivity contribution in [1.82, 2.24) is 10.6 Å². The van der Waals surface area contributed by atoms with Gasteiger partial charge in [-0.1, -0.05) is 12.1 Å². The number of amides is 1. The second kappa shape index (κ2) is 6.13. The van der Waals surface area contributed by atoms with Gasteiger partial charge in [-0.3, -0.25) is 4.79 Å². The van der Waals surface area contributed by atoms with Crippen LogP contribution in [0.2, 0.25) is 0 Å². The predicted molar refractivity (Wildman–Crippen MR) is 76.8 cm³/mol. The van der Waals surface area contributed by atoms with E-state index < -0.39 is 0 Å². The van der Waals surface area contributed by atoms with Crippen molar-refractivity contribution in [1.29, 1.82) is 0 Å². The number of para-hydroxylation sites is 1. The third-order valence-corrected chi connectivity index (χ3v) is 2.96. The molecule has 2 rings (SSSR count). The molecule has 0 fully saturated rings. The van der Waals surface area contributed by atoms with Crippen LogP contribution < -0.4 is 20.1 Å². The Kier molecular flexibility index (Phi) is 4.49. The Labute approximate surface area is 119 Å². The van der Waals surface area contributed by atoms with Gasteiger partial charge in [0, 0.05) is 30.6 Å². The highest BCUT2D eigenvalue weighted by Gasteiger charge is 2.17. The van der Waals surface area contributed by atoms with Gasteiger partial charge >= 0.3 is 0 Å². The maximum absolute atomic E-state index is 11.8. The molecule has 0 aromatic heterocycles. The molecule has 1 amide bonds. The van der Waals surface area contributed by atoms with Gasteiger partial charge in [0.2, 0.25) is 12.7 Å². The predicted octanol–water partition coefficient (Wildman–Crippen LogP) is 1.81. The summed E-state index contributed by atoms with van der Waals surface area (Å²) >= 11 is 0.